The summed E-state index contributed by atoms with van der Waals surface area (Å²) in [5, 5.41) is 228. The first kappa shape index (κ1) is 65.6. The summed E-state index contributed by atoms with van der Waals surface area (Å²) in [6.07, 6.45) is -66.2. The summed E-state index contributed by atoms with van der Waals surface area (Å²) < 4.78 is 74.1. The highest BCUT2D eigenvalue weighted by Crippen LogP contribution is 2.38. The van der Waals surface area contributed by atoms with E-state index in [1.54, 1.807) is 0 Å². The third-order valence-electron chi connectivity index (χ3n) is 14.9. The molecule has 0 bridgehead atoms. The first-order chi connectivity index (χ1) is 37.8. The van der Waals surface area contributed by atoms with Gasteiger partial charge in [-0.05, 0) is 6.92 Å². The van der Waals surface area contributed by atoms with E-state index in [1.165, 1.54) is 6.92 Å². The molecule has 0 aromatic heterocycles. The maximum Gasteiger partial charge on any atom is 0.217 e. The molecule has 22 N–H and O–H groups in total. The minimum atomic E-state index is -2.30. The molecule has 0 aliphatic carbocycles. The van der Waals surface area contributed by atoms with Crippen LogP contribution in [0.4, 0.5) is 0 Å². The Bertz CT molecular complexity index is 1920. The third-order valence-corrected chi connectivity index (χ3v) is 14.9. The molecule has 0 saturated carbocycles. The molecule has 0 unspecified atom stereocenters. The second-order valence-corrected chi connectivity index (χ2v) is 20.3. The molecule has 80 heavy (non-hydrogen) atoms. The van der Waals surface area contributed by atoms with Crippen molar-refractivity contribution in [1.82, 2.24) is 5.32 Å². The minimum absolute atomic E-state index is 0.874. The highest BCUT2D eigenvalue weighted by molar-refractivity contribution is 5.73. The average Bonchev–Trinajstić information content (AvgIpc) is 3.43. The van der Waals surface area contributed by atoms with Crippen LogP contribution in [0.3, 0.4) is 0 Å². The van der Waals surface area contributed by atoms with Crippen LogP contribution in [-0.2, 0) is 66.4 Å². The van der Waals surface area contributed by atoms with E-state index in [2.05, 4.69) is 5.32 Å². The summed E-state index contributed by atoms with van der Waals surface area (Å²) in [6, 6.07) is -1.88. The number of carbonyl (C=O) groups is 1. The molecular formula is C44H75NO35. The molecule has 36 nitrogen and oxygen atoms in total. The monoisotopic (exact) mass is 1180 g/mol. The molecule has 36 heteroatoms. The fourth-order valence-electron chi connectivity index (χ4n) is 10.3. The Kier molecular flexibility index (Phi) is 23.0. The molecule has 1 amide bonds. The molecule has 0 spiro atoms. The first-order valence-electron chi connectivity index (χ1n) is 25.5. The van der Waals surface area contributed by atoms with E-state index in [1.807, 2.05) is 0 Å². The number of rotatable bonds is 19. The average molecular weight is 1180 g/mol. The van der Waals surface area contributed by atoms with Crippen LogP contribution in [0.2, 0.25) is 0 Å². The minimum Gasteiger partial charge on any atom is -0.394 e. The number of hydrogen-bond donors (Lipinski definition) is 22. The lowest BCUT2D eigenvalue weighted by Crippen LogP contribution is -2.70. The SMILES string of the molecule is CC(=O)N[C@H]1[C@H](O[C@H]2[C@@H](O)[C@@H](CO)O[C@H](O[C@H]3[C@@H](O)[C@@H](CO)O[C@@H](O[C@H]4[C@H](O)[C@@H](O)[C@H](O)O[C@@H]4CO)[C@@H]3O)[C@@H]2O)O[C@H](CO)[C@H](O)[C@@H]1O[C@@H]1O[C@H](CO)[C@H](O)[C@H](O)[C@H]1O[C@H]1O[C@@H](C)[C@@H](O)[C@@H](O[C@H]2O[C@H](CO)[C@H](O)[C@H](O)[C@H]2O)[C@@H]1O. The predicted octanol–water partition coefficient (Wildman–Crippen LogP) is -15.1. The molecule has 0 aromatic carbocycles. The van der Waals surface area contributed by atoms with Gasteiger partial charge >= 0.3 is 0 Å². The Balaban J connectivity index is 1.13. The summed E-state index contributed by atoms with van der Waals surface area (Å²) in [6.45, 7) is -3.75. The van der Waals surface area contributed by atoms with Gasteiger partial charge in [0.25, 0.3) is 0 Å². The molecule has 0 aromatic rings. The van der Waals surface area contributed by atoms with Crippen molar-refractivity contribution < 1.29 is 174 Å². The fourth-order valence-corrected chi connectivity index (χ4v) is 10.3. The van der Waals surface area contributed by atoms with Crippen LogP contribution in [0, 0.1) is 0 Å². The Morgan fingerprint density at radius 2 is 0.662 bits per heavy atom. The maximum atomic E-state index is 12.9. The highest BCUT2D eigenvalue weighted by Gasteiger charge is 2.59. The standard InChI is InChI=1S/C44H75NO35/c1-9-18(53)34(78-40-28(63)24(59)19(54)11(3-46)71-40)29(64)41(68-9)80-37-25(60)20(55)12(4-47)74-44(37)76-33-17(45-10(2)52)39(70-13(5-48)21(33)56)77-35-22(57)14(6-49)73-43(30(35)65)79-36-23(58)15(7-50)72-42(31(36)66)75-32-16(8-51)69-38(67)27(62)26(32)61/h9,11-44,46-51,53-67H,3-8H2,1-2H3,(H,45,52)/t9-,11+,12+,13+,14+,15+,16+,17+,18+,19-,20-,21-,22-,23-,24-,25-,26+,27+,28+,29-,30+,31+,32+,33+,34+,35-,36-,37+,38+,39-,40+,41+,42-,43+,44-/m0/s1. The van der Waals surface area contributed by atoms with E-state index in [4.69, 9.17) is 61.6 Å². The number of hydrogen-bond acceptors (Lipinski definition) is 35. The van der Waals surface area contributed by atoms with Crippen molar-refractivity contribution in [3.8, 4) is 0 Å². The van der Waals surface area contributed by atoms with Crippen LogP contribution in [-0.4, -0.2) is 368 Å². The number of carbonyl (C=O) groups excluding carboxylic acids is 1. The van der Waals surface area contributed by atoms with Gasteiger partial charge in [-0.15, -0.1) is 0 Å². The van der Waals surface area contributed by atoms with Crippen LogP contribution in [0.5, 0.6) is 0 Å². The lowest BCUT2D eigenvalue weighted by molar-refractivity contribution is -0.397. The molecular weight excluding hydrogens is 1100 g/mol. The van der Waals surface area contributed by atoms with Crippen molar-refractivity contribution in [3.05, 3.63) is 0 Å². The number of nitrogens with one attached hydrogen (secondary N) is 1. The first-order valence-corrected chi connectivity index (χ1v) is 25.5. The van der Waals surface area contributed by atoms with Gasteiger partial charge in [-0.2, -0.15) is 0 Å². The molecule has 35 atom stereocenters. The molecule has 7 rings (SSSR count). The second-order valence-electron chi connectivity index (χ2n) is 20.3. The van der Waals surface area contributed by atoms with Crippen molar-refractivity contribution >= 4 is 5.91 Å². The van der Waals surface area contributed by atoms with E-state index < -0.39 is 260 Å². The largest absolute Gasteiger partial charge is 0.394 e. The summed E-state index contributed by atoms with van der Waals surface area (Å²) in [5.74, 6) is -0.920. The second kappa shape index (κ2) is 28.1. The topological polar surface area (TPSA) is 574 Å². The smallest absolute Gasteiger partial charge is 0.217 e. The van der Waals surface area contributed by atoms with Gasteiger partial charge in [0.2, 0.25) is 5.91 Å². The Labute approximate surface area is 452 Å². The summed E-state index contributed by atoms with van der Waals surface area (Å²) >= 11 is 0. The van der Waals surface area contributed by atoms with Crippen molar-refractivity contribution in [3.63, 3.8) is 0 Å². The Hall–Kier alpha value is -1.89. The van der Waals surface area contributed by atoms with E-state index in [0.29, 0.717) is 0 Å². The van der Waals surface area contributed by atoms with E-state index in [0.717, 1.165) is 6.92 Å². The van der Waals surface area contributed by atoms with Crippen LogP contribution < -0.4 is 5.32 Å². The van der Waals surface area contributed by atoms with Crippen molar-refractivity contribution in [2.75, 3.05) is 39.6 Å². The van der Waals surface area contributed by atoms with Crippen LogP contribution in [0.15, 0.2) is 0 Å². The number of amides is 1. The molecule has 7 aliphatic heterocycles. The van der Waals surface area contributed by atoms with Gasteiger partial charge in [-0.3, -0.25) is 4.79 Å². The van der Waals surface area contributed by atoms with E-state index >= 15 is 0 Å². The van der Waals surface area contributed by atoms with Gasteiger partial charge in [0.1, 0.15) is 165 Å². The maximum absolute atomic E-state index is 12.9. The highest BCUT2D eigenvalue weighted by atomic mass is 16.8. The van der Waals surface area contributed by atoms with Gasteiger partial charge in [0, 0.05) is 6.92 Å². The summed E-state index contributed by atoms with van der Waals surface area (Å²) in [7, 11) is 0. The molecule has 7 saturated heterocycles. The molecule has 7 aliphatic rings. The normalized spacial score (nSPS) is 52.4. The van der Waals surface area contributed by atoms with Crippen LogP contribution in [0.1, 0.15) is 13.8 Å². The van der Waals surface area contributed by atoms with Crippen LogP contribution in [0.25, 0.3) is 0 Å². The predicted molar refractivity (Wildman–Crippen MR) is 242 cm³/mol. The van der Waals surface area contributed by atoms with Gasteiger partial charge in [-0.25, -0.2) is 0 Å². The van der Waals surface area contributed by atoms with Gasteiger partial charge in [-0.1, -0.05) is 0 Å². The quantitative estimate of drug-likeness (QED) is 0.0571. The third kappa shape index (κ3) is 13.5. The Morgan fingerprint density at radius 1 is 0.325 bits per heavy atom. The number of aliphatic hydroxyl groups excluding tert-OH is 21. The fraction of sp³-hybridized carbons (Fsp3) is 0.977. The summed E-state index contributed by atoms with van der Waals surface area (Å²) in [4.78, 5) is 12.9. The zero-order valence-corrected chi connectivity index (χ0v) is 42.6. The van der Waals surface area contributed by atoms with Crippen molar-refractivity contribution in [1.29, 1.82) is 0 Å². The Morgan fingerprint density at radius 3 is 1.14 bits per heavy atom. The zero-order valence-electron chi connectivity index (χ0n) is 42.6. The van der Waals surface area contributed by atoms with Crippen molar-refractivity contribution in [2.45, 2.75) is 229 Å². The van der Waals surface area contributed by atoms with Crippen molar-refractivity contribution in [2.24, 2.45) is 0 Å². The van der Waals surface area contributed by atoms with Gasteiger partial charge in [0.15, 0.2) is 44.0 Å². The molecule has 7 heterocycles. The number of aliphatic hydroxyl groups is 21. The molecule has 466 valence electrons. The molecule has 7 fully saturated rings. The summed E-state index contributed by atoms with van der Waals surface area (Å²) in [5.41, 5.74) is 0. The lowest BCUT2D eigenvalue weighted by Gasteiger charge is -2.51. The van der Waals surface area contributed by atoms with Gasteiger partial charge in [0.05, 0.1) is 45.7 Å². The van der Waals surface area contributed by atoms with Crippen LogP contribution >= 0.6 is 0 Å². The van der Waals surface area contributed by atoms with E-state index in [9.17, 15) is 112 Å². The van der Waals surface area contributed by atoms with E-state index in [-0.39, 0.29) is 0 Å². The lowest BCUT2D eigenvalue weighted by atomic mass is 9.94. The molecule has 0 radical (unpaired) electrons. The zero-order chi connectivity index (χ0) is 58.9. The number of ether oxygens (including phenoxy) is 13. The van der Waals surface area contributed by atoms with Gasteiger partial charge < -0.3 is 174 Å².